The standard InChI is InChI=1S/C11H8NO2S.C9H18N.Sn/c1-12-9-6-2-4-8-5-3-7-10(11(8)9)15(12,13)14;1-4-7-10(8-5-2)9-6-3;/h2-7H,1H2;1-9H2;. The summed E-state index contributed by atoms with van der Waals surface area (Å²) in [7, 11) is -3.39. The fourth-order valence-electron chi connectivity index (χ4n) is 5.41. The SMILES string of the molecule is O=S1(=O)c2cccc3cccc(c23)N1[CH2][Sn]12[CH2]CCN(CC[CH2]1)CC[CH2]2. The van der Waals surface area contributed by atoms with E-state index in [2.05, 4.69) is 4.90 Å². The Morgan fingerprint density at radius 3 is 2.15 bits per heavy atom. The average molecular weight is 477 g/mol. The fraction of sp³-hybridized carbons (Fsp3) is 0.500. The first-order valence-electron chi connectivity index (χ1n) is 9.86. The molecule has 0 amide bonds. The van der Waals surface area contributed by atoms with E-state index in [1.807, 2.05) is 34.6 Å². The van der Waals surface area contributed by atoms with Crippen LogP contribution in [0.25, 0.3) is 10.8 Å². The first-order chi connectivity index (χ1) is 12.6. The maximum absolute atomic E-state index is 13.4. The molecule has 3 saturated heterocycles. The Morgan fingerprint density at radius 2 is 1.50 bits per heavy atom. The van der Waals surface area contributed by atoms with Gasteiger partial charge in [0.2, 0.25) is 0 Å². The molecule has 2 bridgehead atoms. The van der Waals surface area contributed by atoms with Gasteiger partial charge in [-0.2, -0.15) is 0 Å². The number of fused-ring (bicyclic) bond motifs is 6. The average Bonchev–Trinajstić information content (AvgIpc) is 2.79. The topological polar surface area (TPSA) is 40.6 Å². The molecule has 0 atom stereocenters. The van der Waals surface area contributed by atoms with Crippen LogP contribution in [0.3, 0.4) is 0 Å². The molecule has 4 aliphatic heterocycles. The van der Waals surface area contributed by atoms with Crippen LogP contribution < -0.4 is 4.31 Å². The van der Waals surface area contributed by atoms with Crippen LogP contribution in [0, 0.1) is 0 Å². The molecule has 0 radical (unpaired) electrons. The number of sulfonamides is 1. The molecule has 0 unspecified atom stereocenters. The first kappa shape index (κ1) is 17.3. The molecule has 0 spiro atoms. The molecule has 3 fully saturated rings. The molecule has 0 aromatic heterocycles. The summed E-state index contributed by atoms with van der Waals surface area (Å²) < 4.78 is 33.5. The summed E-state index contributed by atoms with van der Waals surface area (Å²) in [4.78, 5) is 3.15. The molecule has 26 heavy (non-hydrogen) atoms. The predicted octanol–water partition coefficient (Wildman–Crippen LogP) is 3.84. The Kier molecular flexibility index (Phi) is 4.25. The van der Waals surface area contributed by atoms with E-state index in [0.717, 1.165) is 21.0 Å². The van der Waals surface area contributed by atoms with E-state index in [9.17, 15) is 8.42 Å². The van der Waals surface area contributed by atoms with Crippen LogP contribution in [0.4, 0.5) is 5.69 Å². The van der Waals surface area contributed by atoms with Gasteiger partial charge in [0, 0.05) is 0 Å². The van der Waals surface area contributed by atoms with Crippen molar-refractivity contribution in [2.45, 2.75) is 37.5 Å². The Balaban J connectivity index is 1.57. The van der Waals surface area contributed by atoms with Crippen LogP contribution in [0.2, 0.25) is 13.3 Å². The van der Waals surface area contributed by atoms with E-state index < -0.39 is 28.4 Å². The summed E-state index contributed by atoms with van der Waals surface area (Å²) >= 11 is -2.51. The zero-order chi connectivity index (χ0) is 17.8. The monoisotopic (exact) mass is 478 g/mol. The summed E-state index contributed by atoms with van der Waals surface area (Å²) in [5.41, 5.74) is 0.940. The number of hydrogen-bond acceptors (Lipinski definition) is 3. The van der Waals surface area contributed by atoms with Gasteiger partial charge in [-0.1, -0.05) is 0 Å². The van der Waals surface area contributed by atoms with Gasteiger partial charge >= 0.3 is 161 Å². The molecule has 2 aromatic carbocycles. The number of hydrogen-bond donors (Lipinski definition) is 0. The van der Waals surface area contributed by atoms with E-state index in [4.69, 9.17) is 0 Å². The molecule has 138 valence electrons. The molecule has 4 nitrogen and oxygen atoms in total. The van der Waals surface area contributed by atoms with Crippen LogP contribution in [-0.4, -0.2) is 55.9 Å². The number of anilines is 1. The van der Waals surface area contributed by atoms with Gasteiger partial charge in [0.15, 0.2) is 0 Å². The van der Waals surface area contributed by atoms with Gasteiger partial charge in [0.1, 0.15) is 0 Å². The number of rotatable bonds is 2. The van der Waals surface area contributed by atoms with E-state index in [1.54, 1.807) is 6.07 Å². The molecule has 0 aliphatic carbocycles. The third-order valence-electron chi connectivity index (χ3n) is 6.70. The van der Waals surface area contributed by atoms with Crippen molar-refractivity contribution in [1.82, 2.24) is 4.90 Å². The van der Waals surface area contributed by atoms with E-state index in [1.165, 1.54) is 52.2 Å². The second kappa shape index (κ2) is 6.38. The maximum atomic E-state index is 13.4. The Hall–Kier alpha value is -0.791. The van der Waals surface area contributed by atoms with Crippen molar-refractivity contribution in [2.75, 3.05) is 28.5 Å². The summed E-state index contributed by atoms with van der Waals surface area (Å²) in [5, 5.41) is 1.99. The molecule has 2 aromatic rings. The molecule has 0 saturated carbocycles. The van der Waals surface area contributed by atoms with Crippen molar-refractivity contribution in [3.05, 3.63) is 36.4 Å². The van der Waals surface area contributed by atoms with Gasteiger partial charge in [0.25, 0.3) is 0 Å². The van der Waals surface area contributed by atoms with Crippen LogP contribution in [0.5, 0.6) is 0 Å². The van der Waals surface area contributed by atoms with E-state index >= 15 is 0 Å². The van der Waals surface area contributed by atoms with Gasteiger partial charge in [-0.15, -0.1) is 0 Å². The van der Waals surface area contributed by atoms with Gasteiger partial charge in [-0.3, -0.25) is 0 Å². The van der Waals surface area contributed by atoms with Crippen molar-refractivity contribution in [1.29, 1.82) is 0 Å². The van der Waals surface area contributed by atoms with Crippen LogP contribution >= 0.6 is 0 Å². The van der Waals surface area contributed by atoms with E-state index in [0.29, 0.717) is 4.90 Å². The van der Waals surface area contributed by atoms with Crippen LogP contribution in [0.15, 0.2) is 41.3 Å². The molecule has 4 aliphatic rings. The van der Waals surface area contributed by atoms with Crippen molar-refractivity contribution >= 4 is 44.9 Å². The molecule has 4 heterocycles. The van der Waals surface area contributed by atoms with Gasteiger partial charge in [-0.05, 0) is 0 Å². The number of nitrogens with zero attached hydrogens (tertiary/aromatic N) is 2. The third kappa shape index (κ3) is 2.69. The van der Waals surface area contributed by atoms with Crippen LogP contribution in [-0.2, 0) is 10.0 Å². The second-order valence-corrected chi connectivity index (χ2v) is 23.9. The van der Waals surface area contributed by atoms with Crippen molar-refractivity contribution < 1.29 is 8.42 Å². The Morgan fingerprint density at radius 1 is 0.885 bits per heavy atom. The second-order valence-electron chi connectivity index (χ2n) is 8.30. The Bertz CT molecular complexity index is 928. The molecule has 6 heteroatoms. The van der Waals surface area contributed by atoms with Gasteiger partial charge < -0.3 is 0 Å². The van der Waals surface area contributed by atoms with Gasteiger partial charge in [-0.25, -0.2) is 0 Å². The molecular weight excluding hydrogens is 451 g/mol. The molecule has 0 N–H and O–H groups in total. The van der Waals surface area contributed by atoms with Crippen molar-refractivity contribution in [2.24, 2.45) is 0 Å². The van der Waals surface area contributed by atoms with E-state index in [-0.39, 0.29) is 0 Å². The molecular formula is C20H26N2O2SSn. The van der Waals surface area contributed by atoms with Crippen molar-refractivity contribution in [3.63, 3.8) is 0 Å². The van der Waals surface area contributed by atoms with Crippen LogP contribution in [0.1, 0.15) is 19.3 Å². The molecule has 6 rings (SSSR count). The van der Waals surface area contributed by atoms with Gasteiger partial charge in [0.05, 0.1) is 0 Å². The summed E-state index contributed by atoms with van der Waals surface area (Å²) in [6.45, 7) is 3.67. The predicted molar refractivity (Wildman–Crippen MR) is 109 cm³/mol. The quantitative estimate of drug-likeness (QED) is 0.618. The summed E-state index contributed by atoms with van der Waals surface area (Å²) in [6.07, 6.45) is 3.84. The zero-order valence-corrected chi connectivity index (χ0v) is 18.8. The minimum atomic E-state index is -3.39. The number of benzene rings is 2. The first-order valence-corrected chi connectivity index (χ1v) is 19.4. The third-order valence-corrected chi connectivity index (χ3v) is 24.1. The summed E-state index contributed by atoms with van der Waals surface area (Å²) in [6, 6.07) is 11.8. The fourth-order valence-corrected chi connectivity index (χ4v) is 23.8. The minimum absolute atomic E-state index is 0.524. The summed E-state index contributed by atoms with van der Waals surface area (Å²) in [5.74, 6) is 0. The Labute approximate surface area is 160 Å². The zero-order valence-electron chi connectivity index (χ0n) is 15.2. The normalized spacial score (nSPS) is 30.2. The van der Waals surface area contributed by atoms with Crippen molar-refractivity contribution in [3.8, 4) is 0 Å².